The van der Waals surface area contributed by atoms with Gasteiger partial charge in [0.1, 0.15) is 5.82 Å². The molecule has 1 aromatic heterocycles. The molecule has 2 rings (SSSR count). The van der Waals surface area contributed by atoms with Crippen molar-refractivity contribution in [2.45, 2.75) is 51.2 Å². The number of hydrogen-bond donors (Lipinski definition) is 1. The third-order valence-corrected chi connectivity index (χ3v) is 4.10. The van der Waals surface area contributed by atoms with Crippen LogP contribution in [-0.2, 0) is 23.0 Å². The number of sulfonamides is 1. The van der Waals surface area contributed by atoms with Crippen LogP contribution in [-0.4, -0.2) is 23.2 Å². The minimum atomic E-state index is -3.79. The summed E-state index contributed by atoms with van der Waals surface area (Å²) < 4.78 is 24.6. The topological polar surface area (TPSA) is 90.9 Å². The monoisotopic (exact) mass is 272 g/mol. The van der Waals surface area contributed by atoms with Gasteiger partial charge >= 0.3 is 0 Å². The molecule has 1 aliphatic carbocycles. The van der Waals surface area contributed by atoms with Crippen molar-refractivity contribution in [2.24, 2.45) is 17.0 Å². The van der Waals surface area contributed by atoms with Crippen LogP contribution >= 0.6 is 0 Å². The Hall–Kier alpha value is -0.950. The summed E-state index contributed by atoms with van der Waals surface area (Å²) in [5.41, 5.74) is 0. The number of hydrogen-bond acceptors (Lipinski definition) is 4. The Morgan fingerprint density at radius 2 is 2.06 bits per heavy atom. The molecule has 0 spiro atoms. The van der Waals surface area contributed by atoms with Crippen molar-refractivity contribution in [1.29, 1.82) is 0 Å². The second-order valence-corrected chi connectivity index (χ2v) is 6.90. The minimum Gasteiger partial charge on any atom is -0.300 e. The molecular weight excluding hydrogens is 252 g/mol. The van der Waals surface area contributed by atoms with Crippen molar-refractivity contribution in [3.05, 3.63) is 5.82 Å². The Morgan fingerprint density at radius 3 is 2.50 bits per heavy atom. The summed E-state index contributed by atoms with van der Waals surface area (Å²) in [5.74, 6) is 1.69. The van der Waals surface area contributed by atoms with Gasteiger partial charge in [0.2, 0.25) is 0 Å². The molecule has 0 atom stereocenters. The van der Waals surface area contributed by atoms with Gasteiger partial charge < -0.3 is 4.57 Å². The van der Waals surface area contributed by atoms with Crippen LogP contribution in [0, 0.1) is 11.8 Å². The fraction of sp³-hybridized carbons (Fsp3) is 0.818. The fourth-order valence-electron chi connectivity index (χ4n) is 2.18. The summed E-state index contributed by atoms with van der Waals surface area (Å²) in [6.07, 6.45) is 4.44. The molecule has 0 radical (unpaired) electrons. The molecule has 0 amide bonds. The normalized spacial score (nSPS) is 17.1. The number of rotatable bonds is 5. The Balaban J connectivity index is 2.30. The largest absolute Gasteiger partial charge is 0.300 e. The maximum atomic E-state index is 11.5. The molecule has 1 heterocycles. The molecule has 0 aliphatic heterocycles. The maximum absolute atomic E-state index is 11.5. The average molecular weight is 272 g/mol. The molecule has 0 saturated heterocycles. The fourth-order valence-corrected chi connectivity index (χ4v) is 2.83. The maximum Gasteiger partial charge on any atom is 0.273 e. The molecule has 0 unspecified atom stereocenters. The van der Waals surface area contributed by atoms with E-state index in [0.29, 0.717) is 18.4 Å². The number of nitrogens with zero attached hydrogens (tertiary/aromatic N) is 3. The first-order valence-electron chi connectivity index (χ1n) is 6.33. The van der Waals surface area contributed by atoms with Gasteiger partial charge in [-0.25, -0.2) is 13.6 Å². The Labute approximate surface area is 108 Å². The smallest absolute Gasteiger partial charge is 0.273 e. The van der Waals surface area contributed by atoms with Gasteiger partial charge in [-0.2, -0.15) is 0 Å². The van der Waals surface area contributed by atoms with E-state index >= 15 is 0 Å². The highest BCUT2D eigenvalue weighted by molar-refractivity contribution is 7.89. The molecule has 1 aliphatic rings. The predicted octanol–water partition coefficient (Wildman–Crippen LogP) is 0.924. The van der Waals surface area contributed by atoms with Crippen molar-refractivity contribution < 1.29 is 8.42 Å². The van der Waals surface area contributed by atoms with E-state index in [1.807, 2.05) is 13.8 Å². The van der Waals surface area contributed by atoms with Crippen LogP contribution in [0.2, 0.25) is 0 Å². The van der Waals surface area contributed by atoms with Crippen LogP contribution in [0.5, 0.6) is 0 Å². The van der Waals surface area contributed by atoms with Crippen molar-refractivity contribution in [3.8, 4) is 0 Å². The average Bonchev–Trinajstić information content (AvgIpc) is 2.53. The molecular formula is C11H20N4O2S. The number of nitrogens with two attached hydrogens (primary N) is 1. The summed E-state index contributed by atoms with van der Waals surface area (Å²) in [6, 6.07) is 0. The summed E-state index contributed by atoms with van der Waals surface area (Å²) in [4.78, 5) is 0. The van der Waals surface area contributed by atoms with E-state index in [-0.39, 0.29) is 5.16 Å². The first-order valence-corrected chi connectivity index (χ1v) is 7.87. The van der Waals surface area contributed by atoms with E-state index < -0.39 is 10.0 Å². The first-order chi connectivity index (χ1) is 8.38. The van der Waals surface area contributed by atoms with Crippen LogP contribution < -0.4 is 5.14 Å². The summed E-state index contributed by atoms with van der Waals surface area (Å²) >= 11 is 0. The number of primary sulfonamides is 1. The zero-order valence-electron chi connectivity index (χ0n) is 10.8. The van der Waals surface area contributed by atoms with Crippen molar-refractivity contribution in [2.75, 3.05) is 0 Å². The van der Waals surface area contributed by atoms with E-state index in [0.717, 1.165) is 12.2 Å². The molecule has 1 saturated carbocycles. The van der Waals surface area contributed by atoms with Gasteiger partial charge in [-0.05, 0) is 11.8 Å². The van der Waals surface area contributed by atoms with Gasteiger partial charge in [0, 0.05) is 13.0 Å². The molecule has 102 valence electrons. The summed E-state index contributed by atoms with van der Waals surface area (Å²) in [6.45, 7) is 4.64. The lowest BCUT2D eigenvalue weighted by atomic mass is 9.83. The SMILES string of the molecule is CC(C)Cn1c(CC2CCC2)nnc1S(N)(=O)=O. The van der Waals surface area contributed by atoms with E-state index in [1.54, 1.807) is 4.57 Å². The molecule has 1 fully saturated rings. The number of aromatic nitrogens is 3. The lowest BCUT2D eigenvalue weighted by Crippen LogP contribution is -2.23. The standard InChI is InChI=1S/C11H20N4O2S/c1-8(2)7-15-10(6-9-4-3-5-9)13-14-11(15)18(12,16)17/h8-9H,3-7H2,1-2H3,(H2,12,16,17). The van der Waals surface area contributed by atoms with Crippen molar-refractivity contribution in [1.82, 2.24) is 14.8 Å². The molecule has 7 heteroatoms. The van der Waals surface area contributed by atoms with Crippen molar-refractivity contribution >= 4 is 10.0 Å². The zero-order valence-corrected chi connectivity index (χ0v) is 11.7. The highest BCUT2D eigenvalue weighted by atomic mass is 32.2. The second kappa shape index (κ2) is 4.97. The second-order valence-electron chi connectivity index (χ2n) is 5.45. The Kier molecular flexibility index (Phi) is 3.72. The Bertz CT molecular complexity index is 517. The minimum absolute atomic E-state index is 0.106. The van der Waals surface area contributed by atoms with Crippen LogP contribution in [0.25, 0.3) is 0 Å². The van der Waals surface area contributed by atoms with Gasteiger partial charge in [-0.3, -0.25) is 0 Å². The van der Waals surface area contributed by atoms with Crippen molar-refractivity contribution in [3.63, 3.8) is 0 Å². The summed E-state index contributed by atoms with van der Waals surface area (Å²) in [5, 5.41) is 12.8. The van der Waals surface area contributed by atoms with Gasteiger partial charge in [0.05, 0.1) is 0 Å². The van der Waals surface area contributed by atoms with Crippen LogP contribution in [0.4, 0.5) is 0 Å². The van der Waals surface area contributed by atoms with Gasteiger partial charge in [-0.1, -0.05) is 33.1 Å². The van der Waals surface area contributed by atoms with Crippen LogP contribution in [0.1, 0.15) is 38.9 Å². The summed E-state index contributed by atoms with van der Waals surface area (Å²) in [7, 11) is -3.79. The van der Waals surface area contributed by atoms with Gasteiger partial charge in [-0.15, -0.1) is 10.2 Å². The van der Waals surface area contributed by atoms with Crippen LogP contribution in [0.15, 0.2) is 5.16 Å². The lowest BCUT2D eigenvalue weighted by Gasteiger charge is -2.25. The van der Waals surface area contributed by atoms with E-state index in [2.05, 4.69) is 10.2 Å². The third-order valence-electron chi connectivity index (χ3n) is 3.29. The Morgan fingerprint density at radius 1 is 1.39 bits per heavy atom. The predicted molar refractivity (Wildman–Crippen MR) is 67.3 cm³/mol. The highest BCUT2D eigenvalue weighted by Gasteiger charge is 2.25. The molecule has 2 N–H and O–H groups in total. The van der Waals surface area contributed by atoms with Crippen LogP contribution in [0.3, 0.4) is 0 Å². The molecule has 6 nitrogen and oxygen atoms in total. The third kappa shape index (κ3) is 2.89. The molecule has 0 aromatic carbocycles. The molecule has 1 aromatic rings. The lowest BCUT2D eigenvalue weighted by molar-refractivity contribution is 0.302. The van der Waals surface area contributed by atoms with Gasteiger partial charge in [0.25, 0.3) is 15.2 Å². The molecule has 18 heavy (non-hydrogen) atoms. The van der Waals surface area contributed by atoms with E-state index in [1.165, 1.54) is 19.3 Å². The zero-order chi connectivity index (χ0) is 13.3. The quantitative estimate of drug-likeness (QED) is 0.863. The van der Waals surface area contributed by atoms with E-state index in [4.69, 9.17) is 5.14 Å². The highest BCUT2D eigenvalue weighted by Crippen LogP contribution is 2.29. The molecule has 0 bridgehead atoms. The first kappa shape index (κ1) is 13.5. The van der Waals surface area contributed by atoms with E-state index in [9.17, 15) is 8.42 Å². The van der Waals surface area contributed by atoms with Gasteiger partial charge in [0.15, 0.2) is 0 Å².